The molecule has 2 N–H and O–H groups in total. The molecule has 0 unspecified atom stereocenters. The average molecular weight is 281 g/mol. The Morgan fingerprint density at radius 2 is 2.25 bits per heavy atom. The van der Waals surface area contributed by atoms with Crippen molar-refractivity contribution in [1.29, 1.82) is 0 Å². The summed E-state index contributed by atoms with van der Waals surface area (Å²) in [7, 11) is 0. The summed E-state index contributed by atoms with van der Waals surface area (Å²) in [5.74, 6) is -0.806. The molecule has 0 saturated carbocycles. The number of hydrogen-bond donors (Lipinski definition) is 2. The van der Waals surface area contributed by atoms with Crippen molar-refractivity contribution in [3.8, 4) is 5.75 Å². The fourth-order valence-corrected chi connectivity index (χ4v) is 1.49. The van der Waals surface area contributed by atoms with E-state index in [1.54, 1.807) is 0 Å². The molecule has 1 amide bonds. The topological polar surface area (TPSA) is 49.3 Å². The minimum atomic E-state index is -0.534. The first-order chi connectivity index (χ1) is 5.65. The lowest BCUT2D eigenvalue weighted by molar-refractivity contribution is -0.105. The third-order valence-corrected chi connectivity index (χ3v) is 2.09. The van der Waals surface area contributed by atoms with E-state index in [-0.39, 0.29) is 11.4 Å². The van der Waals surface area contributed by atoms with Crippen molar-refractivity contribution in [3.05, 3.63) is 21.5 Å². The molecule has 0 radical (unpaired) electrons. The molecule has 3 nitrogen and oxygen atoms in total. The molecule has 0 saturated heterocycles. The fraction of sp³-hybridized carbons (Fsp3) is 0. The average Bonchev–Trinajstić information content (AvgIpc) is 1.96. The highest BCUT2D eigenvalue weighted by Gasteiger charge is 2.06. The lowest BCUT2D eigenvalue weighted by atomic mass is 10.3. The monoisotopic (exact) mass is 281 g/mol. The summed E-state index contributed by atoms with van der Waals surface area (Å²) >= 11 is 1.81. The molecule has 12 heavy (non-hydrogen) atoms. The lowest BCUT2D eigenvalue weighted by Gasteiger charge is -2.04. The van der Waals surface area contributed by atoms with Gasteiger partial charge in [-0.3, -0.25) is 4.79 Å². The first kappa shape index (κ1) is 9.24. The Kier molecular flexibility index (Phi) is 2.85. The normalized spacial score (nSPS) is 9.50. The highest BCUT2D eigenvalue weighted by Crippen LogP contribution is 2.29. The van der Waals surface area contributed by atoms with Crippen LogP contribution in [0, 0.1) is 9.39 Å². The summed E-state index contributed by atoms with van der Waals surface area (Å²) in [6.45, 7) is 0. The van der Waals surface area contributed by atoms with Gasteiger partial charge < -0.3 is 10.4 Å². The van der Waals surface area contributed by atoms with Crippen LogP contribution in [0.1, 0.15) is 0 Å². The maximum absolute atomic E-state index is 12.6. The van der Waals surface area contributed by atoms with Gasteiger partial charge in [0.25, 0.3) is 0 Å². The van der Waals surface area contributed by atoms with Crippen LogP contribution in [-0.4, -0.2) is 11.5 Å². The number of benzene rings is 1. The molecule has 1 aromatic rings. The summed E-state index contributed by atoms with van der Waals surface area (Å²) < 4.78 is 13.0. The van der Waals surface area contributed by atoms with Crippen LogP contribution < -0.4 is 5.32 Å². The Balaban J connectivity index is 3.18. The van der Waals surface area contributed by atoms with Crippen LogP contribution in [0.2, 0.25) is 0 Å². The van der Waals surface area contributed by atoms with Crippen molar-refractivity contribution in [2.75, 3.05) is 5.32 Å². The molecule has 0 atom stereocenters. The summed E-state index contributed by atoms with van der Waals surface area (Å²) in [4.78, 5) is 10.0. The highest BCUT2D eigenvalue weighted by molar-refractivity contribution is 14.1. The number of halogens is 2. The zero-order valence-electron chi connectivity index (χ0n) is 5.84. The molecule has 1 aromatic carbocycles. The van der Waals surface area contributed by atoms with Crippen LogP contribution in [0.15, 0.2) is 12.1 Å². The van der Waals surface area contributed by atoms with Crippen LogP contribution in [0.3, 0.4) is 0 Å². The summed E-state index contributed by atoms with van der Waals surface area (Å²) in [6.07, 6.45) is 0.426. The number of carbonyl (C=O) groups excluding carboxylic acids is 1. The van der Waals surface area contributed by atoms with Crippen LogP contribution in [0.4, 0.5) is 10.1 Å². The van der Waals surface area contributed by atoms with Crippen molar-refractivity contribution in [2.45, 2.75) is 0 Å². The smallest absolute Gasteiger partial charge is 0.211 e. The fourth-order valence-electron chi connectivity index (χ4n) is 0.762. The Hall–Kier alpha value is -0.850. The van der Waals surface area contributed by atoms with Crippen LogP contribution >= 0.6 is 22.6 Å². The van der Waals surface area contributed by atoms with Gasteiger partial charge in [0.1, 0.15) is 11.6 Å². The number of nitrogens with one attached hydrogen (secondary N) is 1. The van der Waals surface area contributed by atoms with E-state index < -0.39 is 5.82 Å². The number of rotatable bonds is 2. The number of amides is 1. The maximum Gasteiger partial charge on any atom is 0.211 e. The second-order valence-corrected chi connectivity index (χ2v) is 3.21. The standard InChI is InChI=1S/C7H5FINO2/c8-4-1-5(9)7(10-3-11)6(12)2-4/h1-3,12H,(H,10,11). The quantitative estimate of drug-likeness (QED) is 0.492. The van der Waals surface area contributed by atoms with Gasteiger partial charge in [-0.1, -0.05) is 0 Å². The van der Waals surface area contributed by atoms with E-state index in [9.17, 15) is 9.18 Å². The number of phenols is 1. The Morgan fingerprint density at radius 3 is 2.75 bits per heavy atom. The molecule has 0 spiro atoms. The number of carbonyl (C=O) groups is 1. The van der Waals surface area contributed by atoms with E-state index in [0.29, 0.717) is 9.98 Å². The Bertz CT molecular complexity index is 293. The molecule has 1 rings (SSSR count). The minimum Gasteiger partial charge on any atom is -0.506 e. The molecule has 0 aliphatic rings. The number of hydrogen-bond acceptors (Lipinski definition) is 2. The van der Waals surface area contributed by atoms with E-state index in [1.165, 1.54) is 6.07 Å². The zero-order valence-corrected chi connectivity index (χ0v) is 8.00. The molecule has 64 valence electrons. The largest absolute Gasteiger partial charge is 0.506 e. The molecule has 5 heteroatoms. The van der Waals surface area contributed by atoms with Crippen molar-refractivity contribution in [2.24, 2.45) is 0 Å². The van der Waals surface area contributed by atoms with Crippen LogP contribution in [0.5, 0.6) is 5.75 Å². The third-order valence-electron chi connectivity index (χ3n) is 1.24. The zero-order chi connectivity index (χ0) is 9.14. The second-order valence-electron chi connectivity index (χ2n) is 2.04. The maximum atomic E-state index is 12.6. The number of phenolic OH excluding ortho intramolecular Hbond substituents is 1. The first-order valence-corrected chi connectivity index (χ1v) is 4.11. The van der Waals surface area contributed by atoms with Gasteiger partial charge in [-0.15, -0.1) is 0 Å². The summed E-state index contributed by atoms with van der Waals surface area (Å²) in [6, 6.07) is 2.15. The van der Waals surface area contributed by atoms with Gasteiger partial charge in [-0.25, -0.2) is 4.39 Å². The highest BCUT2D eigenvalue weighted by atomic mass is 127. The molecular formula is C7H5FINO2. The number of aromatic hydroxyl groups is 1. The molecule has 0 aromatic heterocycles. The summed E-state index contributed by atoms with van der Waals surface area (Å²) in [5, 5.41) is 11.4. The molecule has 0 aliphatic heterocycles. The second kappa shape index (κ2) is 3.70. The molecule has 0 heterocycles. The first-order valence-electron chi connectivity index (χ1n) is 3.03. The molecule has 0 fully saturated rings. The van der Waals surface area contributed by atoms with Gasteiger partial charge in [0.2, 0.25) is 6.41 Å². The van der Waals surface area contributed by atoms with Gasteiger partial charge in [0, 0.05) is 9.64 Å². The number of anilines is 1. The van der Waals surface area contributed by atoms with E-state index in [2.05, 4.69) is 5.32 Å². The van der Waals surface area contributed by atoms with Crippen molar-refractivity contribution in [3.63, 3.8) is 0 Å². The van der Waals surface area contributed by atoms with E-state index in [4.69, 9.17) is 5.11 Å². The SMILES string of the molecule is O=CNc1c(O)cc(F)cc1I. The van der Waals surface area contributed by atoms with Gasteiger partial charge in [0.05, 0.1) is 5.69 Å². The third kappa shape index (κ3) is 1.84. The van der Waals surface area contributed by atoms with Gasteiger partial charge in [0.15, 0.2) is 0 Å². The van der Waals surface area contributed by atoms with Gasteiger partial charge in [-0.2, -0.15) is 0 Å². The minimum absolute atomic E-state index is 0.229. The van der Waals surface area contributed by atoms with Crippen LogP contribution in [0.25, 0.3) is 0 Å². The van der Waals surface area contributed by atoms with Gasteiger partial charge >= 0.3 is 0 Å². The van der Waals surface area contributed by atoms with Crippen LogP contribution in [-0.2, 0) is 4.79 Å². The van der Waals surface area contributed by atoms with E-state index in [0.717, 1.165) is 6.07 Å². The lowest BCUT2D eigenvalue weighted by Crippen LogP contribution is -1.97. The van der Waals surface area contributed by atoms with Crippen molar-refractivity contribution in [1.82, 2.24) is 0 Å². The molecule has 0 aliphatic carbocycles. The van der Waals surface area contributed by atoms with E-state index in [1.807, 2.05) is 22.6 Å². The molecule has 0 bridgehead atoms. The predicted molar refractivity (Wildman–Crippen MR) is 50.5 cm³/mol. The van der Waals surface area contributed by atoms with Crippen molar-refractivity contribution >= 4 is 34.7 Å². The van der Waals surface area contributed by atoms with Crippen molar-refractivity contribution < 1.29 is 14.3 Å². The summed E-state index contributed by atoms with van der Waals surface area (Å²) in [5.41, 5.74) is 0.229. The van der Waals surface area contributed by atoms with Gasteiger partial charge in [-0.05, 0) is 28.7 Å². The Morgan fingerprint density at radius 1 is 1.58 bits per heavy atom. The predicted octanol–water partition coefficient (Wildman–Crippen LogP) is 1.70. The van der Waals surface area contributed by atoms with E-state index >= 15 is 0 Å². The molecular weight excluding hydrogens is 276 g/mol. The Labute approximate surface area is 81.7 Å².